The van der Waals surface area contributed by atoms with Gasteiger partial charge >= 0.3 is 0 Å². The van der Waals surface area contributed by atoms with Gasteiger partial charge in [0.2, 0.25) is 0 Å². The molecule has 0 fully saturated rings. The van der Waals surface area contributed by atoms with Crippen LogP contribution in [0.25, 0.3) is 0 Å². The summed E-state index contributed by atoms with van der Waals surface area (Å²) >= 11 is 0. The van der Waals surface area contributed by atoms with E-state index in [4.69, 9.17) is 10.5 Å². The van der Waals surface area contributed by atoms with Gasteiger partial charge in [-0.25, -0.2) is 0 Å². The number of para-hydroxylation sites is 1. The summed E-state index contributed by atoms with van der Waals surface area (Å²) in [5.41, 5.74) is 7.82. The van der Waals surface area contributed by atoms with Gasteiger partial charge in [-0.15, -0.1) is 0 Å². The number of carbonyl (C=O) groups excluding carboxylic acids is 1. The molecule has 0 bridgehead atoms. The molecule has 3 N–H and O–H groups in total. The van der Waals surface area contributed by atoms with Crippen molar-refractivity contribution < 1.29 is 9.53 Å². The lowest BCUT2D eigenvalue weighted by molar-refractivity contribution is 0.0947. The Morgan fingerprint density at radius 1 is 1.15 bits per heavy atom. The van der Waals surface area contributed by atoms with Crippen molar-refractivity contribution in [3.8, 4) is 5.75 Å². The molecule has 4 nitrogen and oxygen atoms in total. The molecule has 0 atom stereocenters. The monoisotopic (exact) mass is 270 g/mol. The first-order valence-corrected chi connectivity index (χ1v) is 6.55. The van der Waals surface area contributed by atoms with E-state index in [1.54, 1.807) is 18.2 Å². The second-order valence-electron chi connectivity index (χ2n) is 4.33. The zero-order valence-electron chi connectivity index (χ0n) is 11.4. The molecule has 20 heavy (non-hydrogen) atoms. The van der Waals surface area contributed by atoms with E-state index in [2.05, 4.69) is 5.32 Å². The first-order valence-electron chi connectivity index (χ1n) is 6.55. The maximum atomic E-state index is 12.2. The molecule has 0 saturated carbocycles. The van der Waals surface area contributed by atoms with Crippen molar-refractivity contribution in [1.82, 2.24) is 5.32 Å². The number of rotatable bonds is 5. The molecule has 2 aromatic rings. The average molecular weight is 270 g/mol. The lowest BCUT2D eigenvalue weighted by atomic mass is 10.1. The first-order chi connectivity index (χ1) is 9.72. The minimum absolute atomic E-state index is 0.190. The number of hydrogen-bond acceptors (Lipinski definition) is 3. The van der Waals surface area contributed by atoms with Gasteiger partial charge in [0.25, 0.3) is 5.91 Å². The number of ether oxygens (including phenoxy) is 1. The molecule has 4 heteroatoms. The third-order valence-corrected chi connectivity index (χ3v) is 2.87. The Morgan fingerprint density at radius 2 is 1.90 bits per heavy atom. The van der Waals surface area contributed by atoms with Gasteiger partial charge in [0.1, 0.15) is 0 Å². The number of benzene rings is 2. The van der Waals surface area contributed by atoms with Crippen LogP contribution in [0, 0.1) is 0 Å². The van der Waals surface area contributed by atoms with Crippen molar-refractivity contribution >= 4 is 11.6 Å². The fourth-order valence-corrected chi connectivity index (χ4v) is 1.91. The average Bonchev–Trinajstić information content (AvgIpc) is 2.48. The van der Waals surface area contributed by atoms with Gasteiger partial charge in [-0.05, 0) is 24.6 Å². The SMILES string of the molecule is CCOc1c(N)cccc1C(=O)NCc1ccccc1. The molecule has 0 saturated heterocycles. The van der Waals surface area contributed by atoms with Crippen LogP contribution >= 0.6 is 0 Å². The lowest BCUT2D eigenvalue weighted by Crippen LogP contribution is -2.23. The molecule has 0 aliphatic rings. The Morgan fingerprint density at radius 3 is 2.60 bits per heavy atom. The third-order valence-electron chi connectivity index (χ3n) is 2.87. The van der Waals surface area contributed by atoms with Crippen molar-refractivity contribution in [3.05, 3.63) is 59.7 Å². The van der Waals surface area contributed by atoms with Gasteiger partial charge in [-0.3, -0.25) is 4.79 Å². The van der Waals surface area contributed by atoms with Gasteiger partial charge in [-0.2, -0.15) is 0 Å². The van der Waals surface area contributed by atoms with Gasteiger partial charge in [0, 0.05) is 6.54 Å². The standard InChI is InChI=1S/C16H18N2O2/c1-2-20-15-13(9-6-10-14(15)17)16(19)18-11-12-7-4-3-5-8-12/h3-10H,2,11,17H2,1H3,(H,18,19). The number of nitrogens with two attached hydrogens (primary N) is 1. The summed E-state index contributed by atoms with van der Waals surface area (Å²) in [7, 11) is 0. The quantitative estimate of drug-likeness (QED) is 0.821. The summed E-state index contributed by atoms with van der Waals surface area (Å²) in [4.78, 5) is 12.2. The minimum Gasteiger partial charge on any atom is -0.491 e. The predicted octanol–water partition coefficient (Wildman–Crippen LogP) is 2.60. The molecule has 2 aromatic carbocycles. The van der Waals surface area contributed by atoms with Crippen LogP contribution < -0.4 is 15.8 Å². The Bertz CT molecular complexity index is 582. The zero-order chi connectivity index (χ0) is 14.4. The fraction of sp³-hybridized carbons (Fsp3) is 0.188. The van der Waals surface area contributed by atoms with Gasteiger partial charge in [-0.1, -0.05) is 36.4 Å². The summed E-state index contributed by atoms with van der Waals surface area (Å²) < 4.78 is 5.46. The molecule has 1 amide bonds. The Kier molecular flexibility index (Phi) is 4.60. The van der Waals surface area contributed by atoms with Crippen LogP contribution in [0.4, 0.5) is 5.69 Å². The highest BCUT2D eigenvalue weighted by atomic mass is 16.5. The first kappa shape index (κ1) is 13.9. The summed E-state index contributed by atoms with van der Waals surface area (Å²) in [5, 5.41) is 2.87. The van der Waals surface area contributed by atoms with E-state index in [9.17, 15) is 4.79 Å². The summed E-state index contributed by atoms with van der Waals surface area (Å²) in [6.45, 7) is 2.80. The maximum absolute atomic E-state index is 12.2. The molecule has 0 spiro atoms. The van der Waals surface area contributed by atoms with Crippen LogP contribution in [0.2, 0.25) is 0 Å². The number of nitrogen functional groups attached to an aromatic ring is 1. The molecule has 2 rings (SSSR count). The van der Waals surface area contributed by atoms with Crippen LogP contribution in [0.3, 0.4) is 0 Å². The molecule has 0 aromatic heterocycles. The van der Waals surface area contributed by atoms with Crippen molar-refractivity contribution in [3.63, 3.8) is 0 Å². The van der Waals surface area contributed by atoms with Crippen LogP contribution in [-0.4, -0.2) is 12.5 Å². The van der Waals surface area contributed by atoms with E-state index in [0.717, 1.165) is 5.56 Å². The van der Waals surface area contributed by atoms with Gasteiger partial charge in [0.15, 0.2) is 5.75 Å². The highest BCUT2D eigenvalue weighted by Gasteiger charge is 2.14. The van der Waals surface area contributed by atoms with Crippen molar-refractivity contribution in [2.45, 2.75) is 13.5 Å². The molecular weight excluding hydrogens is 252 g/mol. The van der Waals surface area contributed by atoms with Crippen molar-refractivity contribution in [2.24, 2.45) is 0 Å². The molecule has 0 aliphatic carbocycles. The number of anilines is 1. The predicted molar refractivity (Wildman–Crippen MR) is 79.6 cm³/mol. The molecule has 104 valence electrons. The molecule has 0 radical (unpaired) electrons. The largest absolute Gasteiger partial charge is 0.491 e. The Balaban J connectivity index is 2.11. The lowest BCUT2D eigenvalue weighted by Gasteiger charge is -2.12. The third kappa shape index (κ3) is 3.29. The van der Waals surface area contributed by atoms with E-state index >= 15 is 0 Å². The van der Waals surface area contributed by atoms with E-state index in [1.807, 2.05) is 37.3 Å². The van der Waals surface area contributed by atoms with Gasteiger partial charge < -0.3 is 15.8 Å². The van der Waals surface area contributed by atoms with Crippen LogP contribution in [0.5, 0.6) is 5.75 Å². The fourth-order valence-electron chi connectivity index (χ4n) is 1.91. The van der Waals surface area contributed by atoms with Crippen molar-refractivity contribution in [2.75, 3.05) is 12.3 Å². The smallest absolute Gasteiger partial charge is 0.255 e. The summed E-state index contributed by atoms with van der Waals surface area (Å²) in [5.74, 6) is 0.255. The normalized spacial score (nSPS) is 10.1. The summed E-state index contributed by atoms with van der Waals surface area (Å²) in [6, 6.07) is 14.9. The molecule has 0 aliphatic heterocycles. The number of hydrogen-bond donors (Lipinski definition) is 2. The second-order valence-corrected chi connectivity index (χ2v) is 4.33. The second kappa shape index (κ2) is 6.61. The number of carbonyl (C=O) groups is 1. The number of amides is 1. The maximum Gasteiger partial charge on any atom is 0.255 e. The highest BCUT2D eigenvalue weighted by molar-refractivity contribution is 5.98. The minimum atomic E-state index is -0.190. The van der Waals surface area contributed by atoms with Crippen LogP contribution in [0.1, 0.15) is 22.8 Å². The highest BCUT2D eigenvalue weighted by Crippen LogP contribution is 2.26. The molecule has 0 unspecified atom stereocenters. The van der Waals surface area contributed by atoms with Crippen LogP contribution in [-0.2, 0) is 6.54 Å². The summed E-state index contributed by atoms with van der Waals surface area (Å²) in [6.07, 6.45) is 0. The Hall–Kier alpha value is -2.49. The van der Waals surface area contributed by atoms with Crippen LogP contribution in [0.15, 0.2) is 48.5 Å². The van der Waals surface area contributed by atoms with Gasteiger partial charge in [0.05, 0.1) is 17.9 Å². The topological polar surface area (TPSA) is 64.3 Å². The van der Waals surface area contributed by atoms with E-state index in [-0.39, 0.29) is 5.91 Å². The zero-order valence-corrected chi connectivity index (χ0v) is 11.4. The van der Waals surface area contributed by atoms with E-state index < -0.39 is 0 Å². The molecular formula is C16H18N2O2. The Labute approximate surface area is 118 Å². The number of nitrogens with one attached hydrogen (secondary N) is 1. The van der Waals surface area contributed by atoms with Crippen molar-refractivity contribution in [1.29, 1.82) is 0 Å². The van der Waals surface area contributed by atoms with E-state index in [1.165, 1.54) is 0 Å². The molecule has 0 heterocycles. The van der Waals surface area contributed by atoms with E-state index in [0.29, 0.717) is 30.2 Å².